The molecule has 2 amide bonds. The lowest BCUT2D eigenvalue weighted by Gasteiger charge is -2.12. The van der Waals surface area contributed by atoms with E-state index in [1.165, 1.54) is 18.2 Å². The minimum Gasteiger partial charge on any atom is -0.375 e. The van der Waals surface area contributed by atoms with E-state index < -0.39 is 11.7 Å². The summed E-state index contributed by atoms with van der Waals surface area (Å²) in [5, 5.41) is 8.74. The highest BCUT2D eigenvalue weighted by Crippen LogP contribution is 2.26. The van der Waals surface area contributed by atoms with Gasteiger partial charge in [0.2, 0.25) is 11.8 Å². The molecule has 5 nitrogen and oxygen atoms in total. The van der Waals surface area contributed by atoms with Crippen molar-refractivity contribution in [1.82, 2.24) is 0 Å². The average Bonchev–Trinajstić information content (AvgIpc) is 2.59. The molecule has 0 fully saturated rings. The summed E-state index contributed by atoms with van der Waals surface area (Å²) in [5.41, 5.74) is 1.04. The smallest absolute Gasteiger partial charge is 0.243 e. The van der Waals surface area contributed by atoms with Gasteiger partial charge in [-0.15, -0.1) is 0 Å². The Morgan fingerprint density at radius 1 is 1.00 bits per heavy atom. The number of nitrogens with one attached hydrogen (secondary N) is 3. The average molecular weight is 398 g/mol. The second-order valence-corrected chi connectivity index (χ2v) is 6.36. The Kier molecular flexibility index (Phi) is 7.24. The highest BCUT2D eigenvalue weighted by Gasteiger charge is 2.10. The van der Waals surface area contributed by atoms with Gasteiger partial charge in [0.25, 0.3) is 0 Å². The zero-order chi connectivity index (χ0) is 19.1. The van der Waals surface area contributed by atoms with Crippen LogP contribution in [0.3, 0.4) is 0 Å². The first kappa shape index (κ1) is 20.0. The van der Waals surface area contributed by atoms with Crippen LogP contribution in [-0.4, -0.2) is 18.4 Å². The molecule has 0 aliphatic heterocycles. The maximum absolute atomic E-state index is 13.6. The molecule has 0 bridgehead atoms. The molecule has 2 rings (SSSR count). The van der Waals surface area contributed by atoms with Crippen molar-refractivity contribution in [2.45, 2.75) is 19.8 Å². The number of halogens is 3. The normalized spacial score (nSPS) is 10.3. The van der Waals surface area contributed by atoms with Crippen LogP contribution in [0.5, 0.6) is 0 Å². The standard InChI is InChI=1S/C18H18Cl2FN3O2/c1-2-3-17(25)23-12-5-6-13(20)15(9-12)22-10-18(26)24-16-8-11(19)4-7-14(16)21/h4-9,22H,2-3,10H2,1H3,(H,23,25)(H,24,26). The lowest BCUT2D eigenvalue weighted by molar-refractivity contribution is -0.116. The number of carbonyl (C=O) groups excluding carboxylic acids is 2. The van der Waals surface area contributed by atoms with Gasteiger partial charge in [0.15, 0.2) is 0 Å². The third-order valence-corrected chi connectivity index (χ3v) is 3.93. The molecule has 138 valence electrons. The number of amides is 2. The molecule has 2 aromatic carbocycles. The topological polar surface area (TPSA) is 70.2 Å². The van der Waals surface area contributed by atoms with Gasteiger partial charge in [-0.25, -0.2) is 4.39 Å². The highest BCUT2D eigenvalue weighted by atomic mass is 35.5. The van der Waals surface area contributed by atoms with Crippen LogP contribution in [0.25, 0.3) is 0 Å². The van der Waals surface area contributed by atoms with Crippen molar-refractivity contribution in [1.29, 1.82) is 0 Å². The summed E-state index contributed by atoms with van der Waals surface area (Å²) in [5.74, 6) is -1.15. The van der Waals surface area contributed by atoms with Crippen molar-refractivity contribution in [3.8, 4) is 0 Å². The summed E-state index contributed by atoms with van der Waals surface area (Å²) in [6.07, 6.45) is 1.16. The Balaban J connectivity index is 1.98. The Morgan fingerprint density at radius 2 is 1.77 bits per heavy atom. The van der Waals surface area contributed by atoms with Gasteiger partial charge in [-0.1, -0.05) is 30.1 Å². The van der Waals surface area contributed by atoms with E-state index in [2.05, 4.69) is 16.0 Å². The molecule has 26 heavy (non-hydrogen) atoms. The molecule has 0 aromatic heterocycles. The fourth-order valence-electron chi connectivity index (χ4n) is 2.15. The van der Waals surface area contributed by atoms with Gasteiger partial charge < -0.3 is 16.0 Å². The predicted molar refractivity (Wildman–Crippen MR) is 104 cm³/mol. The second kappa shape index (κ2) is 9.40. The van der Waals surface area contributed by atoms with Crippen LogP contribution >= 0.6 is 23.2 Å². The number of hydrogen-bond acceptors (Lipinski definition) is 3. The fourth-order valence-corrected chi connectivity index (χ4v) is 2.51. The fraction of sp³-hybridized carbons (Fsp3) is 0.222. The number of anilines is 3. The van der Waals surface area contributed by atoms with Crippen molar-refractivity contribution in [3.05, 3.63) is 52.3 Å². The summed E-state index contributed by atoms with van der Waals surface area (Å²) in [6, 6.07) is 8.80. The van der Waals surface area contributed by atoms with E-state index in [-0.39, 0.29) is 18.1 Å². The lowest BCUT2D eigenvalue weighted by atomic mass is 10.2. The van der Waals surface area contributed by atoms with Crippen LogP contribution in [0, 0.1) is 5.82 Å². The minimum atomic E-state index is -0.582. The van der Waals surface area contributed by atoms with Crippen molar-refractivity contribution in [2.75, 3.05) is 22.5 Å². The van der Waals surface area contributed by atoms with Gasteiger partial charge in [-0.05, 0) is 42.8 Å². The molecule has 0 spiro atoms. The van der Waals surface area contributed by atoms with Crippen LogP contribution in [0.2, 0.25) is 10.0 Å². The second-order valence-electron chi connectivity index (χ2n) is 5.52. The molecular formula is C18H18Cl2FN3O2. The Hall–Kier alpha value is -2.31. The first-order chi connectivity index (χ1) is 12.4. The summed E-state index contributed by atoms with van der Waals surface area (Å²) in [7, 11) is 0. The molecule has 0 unspecified atom stereocenters. The largest absolute Gasteiger partial charge is 0.375 e. The quantitative estimate of drug-likeness (QED) is 0.620. The van der Waals surface area contributed by atoms with Gasteiger partial charge in [0.1, 0.15) is 5.82 Å². The number of carbonyl (C=O) groups is 2. The summed E-state index contributed by atoms with van der Waals surface area (Å²) in [6.45, 7) is 1.77. The van der Waals surface area contributed by atoms with E-state index >= 15 is 0 Å². The van der Waals surface area contributed by atoms with Crippen LogP contribution in [0.4, 0.5) is 21.5 Å². The zero-order valence-electron chi connectivity index (χ0n) is 14.0. The van der Waals surface area contributed by atoms with Gasteiger partial charge >= 0.3 is 0 Å². The van der Waals surface area contributed by atoms with Crippen molar-refractivity contribution >= 4 is 52.1 Å². The maximum atomic E-state index is 13.6. The van der Waals surface area contributed by atoms with Crippen LogP contribution in [0.1, 0.15) is 19.8 Å². The predicted octanol–water partition coefficient (Wildman–Crippen LogP) is 4.92. The minimum absolute atomic E-state index is 0.00373. The molecule has 3 N–H and O–H groups in total. The number of benzene rings is 2. The van der Waals surface area contributed by atoms with Gasteiger partial charge in [0.05, 0.1) is 22.9 Å². The molecule has 2 aromatic rings. The zero-order valence-corrected chi connectivity index (χ0v) is 15.5. The molecule has 0 aliphatic carbocycles. The third-order valence-electron chi connectivity index (χ3n) is 3.37. The molecule has 0 radical (unpaired) electrons. The Labute approximate surface area is 160 Å². The summed E-state index contributed by atoms with van der Waals surface area (Å²) < 4.78 is 13.6. The summed E-state index contributed by atoms with van der Waals surface area (Å²) in [4.78, 5) is 23.7. The molecule has 0 heterocycles. The van der Waals surface area contributed by atoms with Gasteiger partial charge in [-0.3, -0.25) is 9.59 Å². The maximum Gasteiger partial charge on any atom is 0.243 e. The molecule has 8 heteroatoms. The van der Waals surface area contributed by atoms with Crippen LogP contribution in [0.15, 0.2) is 36.4 Å². The van der Waals surface area contributed by atoms with E-state index in [0.717, 1.165) is 6.42 Å². The van der Waals surface area contributed by atoms with Gasteiger partial charge in [0, 0.05) is 17.1 Å². The molecular weight excluding hydrogens is 380 g/mol. The molecule has 0 atom stereocenters. The Bertz CT molecular complexity index is 815. The third kappa shape index (κ3) is 5.89. The van der Waals surface area contributed by atoms with E-state index in [0.29, 0.717) is 27.8 Å². The van der Waals surface area contributed by atoms with E-state index in [1.807, 2.05) is 6.92 Å². The van der Waals surface area contributed by atoms with Crippen LogP contribution in [-0.2, 0) is 9.59 Å². The van der Waals surface area contributed by atoms with E-state index in [4.69, 9.17) is 23.2 Å². The molecule has 0 saturated carbocycles. The van der Waals surface area contributed by atoms with Crippen molar-refractivity contribution in [2.24, 2.45) is 0 Å². The lowest BCUT2D eigenvalue weighted by Crippen LogP contribution is -2.22. The first-order valence-electron chi connectivity index (χ1n) is 7.97. The van der Waals surface area contributed by atoms with Gasteiger partial charge in [-0.2, -0.15) is 0 Å². The number of rotatable bonds is 7. The number of hydrogen-bond donors (Lipinski definition) is 3. The SMILES string of the molecule is CCCC(=O)Nc1ccc(Cl)c(NCC(=O)Nc2cc(Cl)ccc2F)c1. The molecule has 0 aliphatic rings. The highest BCUT2D eigenvalue weighted by molar-refractivity contribution is 6.33. The van der Waals surface area contributed by atoms with Crippen LogP contribution < -0.4 is 16.0 Å². The van der Waals surface area contributed by atoms with Crippen molar-refractivity contribution < 1.29 is 14.0 Å². The van der Waals surface area contributed by atoms with E-state index in [1.54, 1.807) is 18.2 Å². The van der Waals surface area contributed by atoms with E-state index in [9.17, 15) is 14.0 Å². The Morgan fingerprint density at radius 3 is 2.50 bits per heavy atom. The monoisotopic (exact) mass is 397 g/mol. The molecule has 0 saturated heterocycles. The summed E-state index contributed by atoms with van der Waals surface area (Å²) >= 11 is 11.9. The van der Waals surface area contributed by atoms with Crippen molar-refractivity contribution in [3.63, 3.8) is 0 Å². The first-order valence-corrected chi connectivity index (χ1v) is 8.72.